The highest BCUT2D eigenvalue weighted by Gasteiger charge is 2.22. The summed E-state index contributed by atoms with van der Waals surface area (Å²) in [5.41, 5.74) is 6.83. The molecule has 2 N–H and O–H groups in total. The topological polar surface area (TPSA) is 58.6 Å². The fourth-order valence-corrected chi connectivity index (χ4v) is 3.31. The first-order valence-corrected chi connectivity index (χ1v) is 8.85. The number of rotatable bonds is 6. The summed E-state index contributed by atoms with van der Waals surface area (Å²) >= 11 is 0. The van der Waals surface area contributed by atoms with Gasteiger partial charge >= 0.3 is 0 Å². The number of carbonyl (C=O) groups is 1. The summed E-state index contributed by atoms with van der Waals surface area (Å²) in [6.07, 6.45) is 0. The van der Waals surface area contributed by atoms with Crippen molar-refractivity contribution in [2.45, 2.75) is 26.4 Å². The number of amides is 1. The van der Waals surface area contributed by atoms with E-state index < -0.39 is 11.8 Å². The molecule has 0 saturated carbocycles. The molecule has 0 aliphatic rings. The lowest BCUT2D eigenvalue weighted by Gasteiger charge is -2.17. The molecule has 4 heteroatoms. The van der Waals surface area contributed by atoms with Crippen LogP contribution in [0.1, 0.15) is 33.7 Å². The lowest BCUT2D eigenvalue weighted by atomic mass is 9.90. The highest BCUT2D eigenvalue weighted by atomic mass is 16.5. The van der Waals surface area contributed by atoms with Crippen LogP contribution in [0.25, 0.3) is 0 Å². The third kappa shape index (κ3) is 4.74. The van der Waals surface area contributed by atoms with Gasteiger partial charge in [0.25, 0.3) is 5.91 Å². The number of hydroxylamine groups is 1. The van der Waals surface area contributed by atoms with Gasteiger partial charge in [0.05, 0.1) is 5.92 Å². The second-order valence-electron chi connectivity index (χ2n) is 6.68. The Morgan fingerprint density at radius 1 is 0.926 bits per heavy atom. The van der Waals surface area contributed by atoms with E-state index in [0.29, 0.717) is 12.4 Å². The molecule has 27 heavy (non-hydrogen) atoms. The van der Waals surface area contributed by atoms with E-state index in [9.17, 15) is 10.0 Å². The largest absolute Gasteiger partial charge is 0.489 e. The Balaban J connectivity index is 1.83. The standard InChI is InChI=1S/C23H23NO3/c1-16-11-17(2)13-18(12-16)15-27-21-10-6-9-20(14-21)22(23(25)24-26)19-7-4-3-5-8-19/h3-14,22,26H,15H2,1-2H3,(H,24,25). The Morgan fingerprint density at radius 2 is 1.59 bits per heavy atom. The molecule has 3 aromatic rings. The van der Waals surface area contributed by atoms with Crippen molar-refractivity contribution >= 4 is 5.91 Å². The first-order valence-electron chi connectivity index (χ1n) is 8.85. The lowest BCUT2D eigenvalue weighted by Crippen LogP contribution is -2.27. The quantitative estimate of drug-likeness (QED) is 0.501. The van der Waals surface area contributed by atoms with Crippen LogP contribution >= 0.6 is 0 Å². The molecule has 1 amide bonds. The molecule has 0 radical (unpaired) electrons. The van der Waals surface area contributed by atoms with Gasteiger partial charge in [0, 0.05) is 0 Å². The molecular formula is C23H23NO3. The third-order valence-electron chi connectivity index (χ3n) is 4.38. The summed E-state index contributed by atoms with van der Waals surface area (Å²) < 4.78 is 5.95. The molecular weight excluding hydrogens is 338 g/mol. The maximum absolute atomic E-state index is 12.3. The summed E-state index contributed by atoms with van der Waals surface area (Å²) in [6, 6.07) is 23.1. The Kier molecular flexibility index (Phi) is 5.89. The Hall–Kier alpha value is -3.11. The molecule has 0 aliphatic heterocycles. The molecule has 3 aromatic carbocycles. The smallest absolute Gasteiger partial charge is 0.255 e. The van der Waals surface area contributed by atoms with Crippen LogP contribution in [0.2, 0.25) is 0 Å². The maximum atomic E-state index is 12.3. The molecule has 138 valence electrons. The van der Waals surface area contributed by atoms with E-state index in [1.807, 2.05) is 54.6 Å². The predicted octanol–water partition coefficient (Wildman–Crippen LogP) is 4.52. The first-order chi connectivity index (χ1) is 13.1. The van der Waals surface area contributed by atoms with E-state index >= 15 is 0 Å². The Bertz CT molecular complexity index is 902. The fourth-order valence-electron chi connectivity index (χ4n) is 3.31. The second kappa shape index (κ2) is 8.52. The minimum atomic E-state index is -0.610. The van der Waals surface area contributed by atoms with Gasteiger partial charge in [0.15, 0.2) is 0 Å². The lowest BCUT2D eigenvalue weighted by molar-refractivity contribution is -0.129. The van der Waals surface area contributed by atoms with Crippen LogP contribution in [0.4, 0.5) is 0 Å². The van der Waals surface area contributed by atoms with Gasteiger partial charge in [-0.3, -0.25) is 10.0 Å². The van der Waals surface area contributed by atoms with Crippen LogP contribution in [0.15, 0.2) is 72.8 Å². The van der Waals surface area contributed by atoms with Crippen molar-refractivity contribution < 1.29 is 14.7 Å². The zero-order valence-corrected chi connectivity index (χ0v) is 15.5. The monoisotopic (exact) mass is 361 g/mol. The Labute approximate surface area is 159 Å². The van der Waals surface area contributed by atoms with Gasteiger partial charge in [-0.2, -0.15) is 0 Å². The zero-order valence-electron chi connectivity index (χ0n) is 15.5. The molecule has 1 atom stereocenters. The molecule has 0 heterocycles. The number of hydrogen-bond acceptors (Lipinski definition) is 3. The van der Waals surface area contributed by atoms with Gasteiger partial charge in [-0.05, 0) is 42.7 Å². The summed E-state index contributed by atoms with van der Waals surface area (Å²) in [7, 11) is 0. The van der Waals surface area contributed by atoms with Gasteiger partial charge in [-0.15, -0.1) is 0 Å². The predicted molar refractivity (Wildman–Crippen MR) is 105 cm³/mol. The van der Waals surface area contributed by atoms with Crippen LogP contribution < -0.4 is 10.2 Å². The number of ether oxygens (including phenoxy) is 1. The van der Waals surface area contributed by atoms with Gasteiger partial charge in [-0.1, -0.05) is 71.8 Å². The molecule has 0 aliphatic carbocycles. The van der Waals surface area contributed by atoms with Crippen molar-refractivity contribution in [3.05, 3.63) is 101 Å². The average Bonchev–Trinajstić information content (AvgIpc) is 2.67. The fraction of sp³-hybridized carbons (Fsp3) is 0.174. The highest BCUT2D eigenvalue weighted by Crippen LogP contribution is 2.28. The van der Waals surface area contributed by atoms with Crippen LogP contribution in [0.5, 0.6) is 5.75 Å². The van der Waals surface area contributed by atoms with E-state index in [4.69, 9.17) is 4.74 Å². The zero-order chi connectivity index (χ0) is 19.2. The van der Waals surface area contributed by atoms with Crippen molar-refractivity contribution in [2.24, 2.45) is 0 Å². The third-order valence-corrected chi connectivity index (χ3v) is 4.38. The normalized spacial score (nSPS) is 11.7. The van der Waals surface area contributed by atoms with E-state index in [1.165, 1.54) is 11.1 Å². The van der Waals surface area contributed by atoms with E-state index in [2.05, 4.69) is 32.0 Å². The second-order valence-corrected chi connectivity index (χ2v) is 6.68. The van der Waals surface area contributed by atoms with Gasteiger partial charge in [-0.25, -0.2) is 5.48 Å². The van der Waals surface area contributed by atoms with Gasteiger partial charge in [0.1, 0.15) is 12.4 Å². The van der Waals surface area contributed by atoms with Crippen molar-refractivity contribution in [3.8, 4) is 5.75 Å². The number of hydrogen-bond donors (Lipinski definition) is 2. The van der Waals surface area contributed by atoms with Crippen LogP contribution in [0.3, 0.4) is 0 Å². The average molecular weight is 361 g/mol. The summed E-state index contributed by atoms with van der Waals surface area (Å²) in [5.74, 6) is -0.410. The SMILES string of the molecule is Cc1cc(C)cc(COc2cccc(C(C(=O)NO)c3ccccc3)c2)c1. The number of benzene rings is 3. The number of aryl methyl sites for hydroxylation is 2. The number of nitrogens with one attached hydrogen (secondary N) is 1. The maximum Gasteiger partial charge on any atom is 0.255 e. The van der Waals surface area contributed by atoms with Crippen LogP contribution in [-0.4, -0.2) is 11.1 Å². The van der Waals surface area contributed by atoms with Crippen LogP contribution in [-0.2, 0) is 11.4 Å². The van der Waals surface area contributed by atoms with Crippen molar-refractivity contribution in [1.82, 2.24) is 5.48 Å². The first kappa shape index (κ1) is 18.7. The van der Waals surface area contributed by atoms with E-state index in [0.717, 1.165) is 16.7 Å². The molecule has 0 spiro atoms. The van der Waals surface area contributed by atoms with Gasteiger partial charge < -0.3 is 4.74 Å². The van der Waals surface area contributed by atoms with E-state index in [-0.39, 0.29) is 0 Å². The summed E-state index contributed by atoms with van der Waals surface area (Å²) in [4.78, 5) is 12.3. The minimum Gasteiger partial charge on any atom is -0.489 e. The summed E-state index contributed by atoms with van der Waals surface area (Å²) in [5, 5.41) is 9.17. The van der Waals surface area contributed by atoms with Crippen molar-refractivity contribution in [3.63, 3.8) is 0 Å². The van der Waals surface area contributed by atoms with Crippen molar-refractivity contribution in [2.75, 3.05) is 0 Å². The van der Waals surface area contributed by atoms with Gasteiger partial charge in [0.2, 0.25) is 0 Å². The molecule has 0 bridgehead atoms. The minimum absolute atomic E-state index is 0.453. The summed E-state index contributed by atoms with van der Waals surface area (Å²) in [6.45, 7) is 4.58. The highest BCUT2D eigenvalue weighted by molar-refractivity contribution is 5.86. The van der Waals surface area contributed by atoms with E-state index in [1.54, 1.807) is 5.48 Å². The number of carbonyl (C=O) groups excluding carboxylic acids is 1. The molecule has 0 fully saturated rings. The molecule has 3 rings (SSSR count). The molecule has 1 unspecified atom stereocenters. The Morgan fingerprint density at radius 3 is 2.26 bits per heavy atom. The molecule has 0 aromatic heterocycles. The van der Waals surface area contributed by atoms with Crippen molar-refractivity contribution in [1.29, 1.82) is 0 Å². The molecule has 0 saturated heterocycles. The molecule has 4 nitrogen and oxygen atoms in total. The van der Waals surface area contributed by atoms with Crippen LogP contribution in [0, 0.1) is 13.8 Å².